The van der Waals surface area contributed by atoms with E-state index in [1.54, 1.807) is 6.33 Å². The maximum atomic E-state index is 12.6. The molecule has 0 spiro atoms. The summed E-state index contributed by atoms with van der Waals surface area (Å²) < 4.78 is 0. The highest BCUT2D eigenvalue weighted by molar-refractivity contribution is 5.94. The number of hydrogen-bond acceptors (Lipinski definition) is 4. The Morgan fingerprint density at radius 3 is 2.31 bits per heavy atom. The van der Waals surface area contributed by atoms with E-state index >= 15 is 0 Å². The number of carbonyl (C=O) groups is 1. The lowest BCUT2D eigenvalue weighted by atomic mass is 10.1. The van der Waals surface area contributed by atoms with E-state index in [9.17, 15) is 4.79 Å². The van der Waals surface area contributed by atoms with Gasteiger partial charge in [0.05, 0.1) is 11.7 Å². The molecule has 1 heterocycles. The molecule has 1 atom stereocenters. The van der Waals surface area contributed by atoms with Crippen LogP contribution in [-0.4, -0.2) is 15.9 Å². The van der Waals surface area contributed by atoms with Crippen LogP contribution in [0.15, 0.2) is 85.2 Å². The first-order valence-electron chi connectivity index (χ1n) is 10.6. The van der Waals surface area contributed by atoms with Crippen molar-refractivity contribution in [2.45, 2.75) is 26.8 Å². The zero-order valence-electron chi connectivity index (χ0n) is 18.5. The number of nitrogens with one attached hydrogen (secondary N) is 2. The lowest BCUT2D eigenvalue weighted by molar-refractivity contribution is 0.0940. The van der Waals surface area contributed by atoms with Gasteiger partial charge in [0.1, 0.15) is 12.1 Å². The molecule has 5 nitrogen and oxygen atoms in total. The number of hydrogen-bond donors (Lipinski definition) is 2. The monoisotopic (exact) mass is 422 g/mol. The van der Waals surface area contributed by atoms with Crippen LogP contribution in [0.1, 0.15) is 40.0 Å². The van der Waals surface area contributed by atoms with Crippen molar-refractivity contribution in [3.05, 3.63) is 107 Å². The fourth-order valence-corrected chi connectivity index (χ4v) is 3.46. The van der Waals surface area contributed by atoms with Crippen LogP contribution in [0, 0.1) is 13.8 Å². The Morgan fingerprint density at radius 2 is 1.59 bits per heavy atom. The van der Waals surface area contributed by atoms with Crippen molar-refractivity contribution < 1.29 is 4.79 Å². The van der Waals surface area contributed by atoms with Crippen LogP contribution in [0.2, 0.25) is 0 Å². The van der Waals surface area contributed by atoms with E-state index in [1.165, 1.54) is 11.1 Å². The first-order chi connectivity index (χ1) is 15.5. The summed E-state index contributed by atoms with van der Waals surface area (Å²) in [6, 6.07) is 25.6. The van der Waals surface area contributed by atoms with Gasteiger partial charge in [-0.2, -0.15) is 0 Å². The molecule has 1 unspecified atom stereocenters. The molecule has 0 saturated heterocycles. The first kappa shape index (κ1) is 21.2. The number of aromatic nitrogens is 2. The molecular weight excluding hydrogens is 396 g/mol. The van der Waals surface area contributed by atoms with Gasteiger partial charge < -0.3 is 10.6 Å². The van der Waals surface area contributed by atoms with Crippen LogP contribution in [0.5, 0.6) is 0 Å². The van der Waals surface area contributed by atoms with Crippen molar-refractivity contribution >= 4 is 17.4 Å². The second-order valence-corrected chi connectivity index (χ2v) is 7.97. The van der Waals surface area contributed by atoms with Gasteiger partial charge in [-0.3, -0.25) is 4.79 Å². The summed E-state index contributed by atoms with van der Waals surface area (Å²) in [5, 5.41) is 6.34. The van der Waals surface area contributed by atoms with Crippen LogP contribution in [0.4, 0.5) is 11.5 Å². The molecule has 32 heavy (non-hydrogen) atoms. The van der Waals surface area contributed by atoms with E-state index in [1.807, 2.05) is 68.4 Å². The quantitative estimate of drug-likeness (QED) is 0.400. The van der Waals surface area contributed by atoms with E-state index in [0.29, 0.717) is 11.4 Å². The smallest absolute Gasteiger partial charge is 0.251 e. The van der Waals surface area contributed by atoms with Crippen LogP contribution in [-0.2, 0) is 0 Å². The molecule has 0 radical (unpaired) electrons. The molecule has 3 aromatic carbocycles. The molecule has 0 fully saturated rings. The Bertz CT molecular complexity index is 1220. The minimum Gasteiger partial charge on any atom is -0.346 e. The highest BCUT2D eigenvalue weighted by Gasteiger charge is 2.11. The van der Waals surface area contributed by atoms with E-state index in [0.717, 1.165) is 22.5 Å². The second kappa shape index (κ2) is 9.43. The highest BCUT2D eigenvalue weighted by atomic mass is 16.1. The summed E-state index contributed by atoms with van der Waals surface area (Å²) in [6.45, 7) is 6.09. The summed E-state index contributed by atoms with van der Waals surface area (Å²) >= 11 is 0. The molecule has 1 amide bonds. The zero-order valence-corrected chi connectivity index (χ0v) is 18.5. The van der Waals surface area contributed by atoms with Gasteiger partial charge in [0.25, 0.3) is 5.91 Å². The van der Waals surface area contributed by atoms with Crippen LogP contribution in [0.3, 0.4) is 0 Å². The highest BCUT2D eigenvalue weighted by Crippen LogP contribution is 2.22. The molecular formula is C27H26N4O. The molecule has 2 N–H and O–H groups in total. The number of aryl methyl sites for hydroxylation is 2. The van der Waals surface area contributed by atoms with Crippen molar-refractivity contribution in [2.24, 2.45) is 0 Å². The number of amides is 1. The Balaban J connectivity index is 1.42. The molecule has 4 rings (SSSR count). The standard InChI is InChI=1S/C27H26N4O/c1-18-7-9-21(10-8-18)20(3)30-27(32)22-11-13-24(14-12-22)31-26-16-25(28-17-29-26)23-6-4-5-19(2)15-23/h4-17,20H,1-3H3,(H,30,32)(H,28,29,31). The summed E-state index contributed by atoms with van der Waals surface area (Å²) in [7, 11) is 0. The minimum atomic E-state index is -0.103. The first-order valence-corrected chi connectivity index (χ1v) is 10.6. The van der Waals surface area contributed by atoms with Crippen molar-refractivity contribution in [3.63, 3.8) is 0 Å². The zero-order chi connectivity index (χ0) is 22.5. The Labute approximate surface area is 188 Å². The normalized spacial score (nSPS) is 11.6. The van der Waals surface area contributed by atoms with Gasteiger partial charge in [0.2, 0.25) is 0 Å². The largest absolute Gasteiger partial charge is 0.346 e. The average molecular weight is 423 g/mol. The molecule has 160 valence electrons. The van der Waals surface area contributed by atoms with Crippen molar-refractivity contribution in [1.29, 1.82) is 0 Å². The average Bonchev–Trinajstić information content (AvgIpc) is 2.80. The predicted octanol–water partition coefficient (Wildman–Crippen LogP) is 6.00. The summed E-state index contributed by atoms with van der Waals surface area (Å²) in [5.41, 5.74) is 6.82. The van der Waals surface area contributed by atoms with E-state index in [2.05, 4.69) is 51.8 Å². The van der Waals surface area contributed by atoms with Gasteiger partial charge in [-0.25, -0.2) is 9.97 Å². The SMILES string of the molecule is Cc1ccc(C(C)NC(=O)c2ccc(Nc3cc(-c4cccc(C)c4)ncn3)cc2)cc1. The van der Waals surface area contributed by atoms with E-state index in [4.69, 9.17) is 0 Å². The molecule has 0 bridgehead atoms. The topological polar surface area (TPSA) is 66.9 Å². The lowest BCUT2D eigenvalue weighted by Crippen LogP contribution is -2.26. The predicted molar refractivity (Wildman–Crippen MR) is 129 cm³/mol. The van der Waals surface area contributed by atoms with Crippen molar-refractivity contribution in [1.82, 2.24) is 15.3 Å². The minimum absolute atomic E-state index is 0.0676. The fourth-order valence-electron chi connectivity index (χ4n) is 3.46. The van der Waals surface area contributed by atoms with Crippen LogP contribution >= 0.6 is 0 Å². The third kappa shape index (κ3) is 5.19. The van der Waals surface area contributed by atoms with Gasteiger partial charge in [-0.15, -0.1) is 0 Å². The number of nitrogens with zero attached hydrogens (tertiary/aromatic N) is 2. The van der Waals surface area contributed by atoms with E-state index < -0.39 is 0 Å². The Hall–Kier alpha value is -3.99. The van der Waals surface area contributed by atoms with E-state index in [-0.39, 0.29) is 11.9 Å². The molecule has 5 heteroatoms. The second-order valence-electron chi connectivity index (χ2n) is 7.97. The fraction of sp³-hybridized carbons (Fsp3) is 0.148. The molecule has 0 aliphatic heterocycles. The third-order valence-electron chi connectivity index (χ3n) is 5.33. The van der Waals surface area contributed by atoms with Crippen molar-refractivity contribution in [3.8, 4) is 11.3 Å². The summed E-state index contributed by atoms with van der Waals surface area (Å²) in [5.74, 6) is 0.593. The van der Waals surface area contributed by atoms with Crippen LogP contribution in [0.25, 0.3) is 11.3 Å². The van der Waals surface area contributed by atoms with Gasteiger partial charge in [-0.05, 0) is 56.7 Å². The van der Waals surface area contributed by atoms with Gasteiger partial charge in [0.15, 0.2) is 0 Å². The number of anilines is 2. The molecule has 0 aliphatic rings. The Morgan fingerprint density at radius 1 is 0.844 bits per heavy atom. The summed E-state index contributed by atoms with van der Waals surface area (Å²) in [6.07, 6.45) is 1.55. The molecule has 0 saturated carbocycles. The Kier molecular flexibility index (Phi) is 6.26. The lowest BCUT2D eigenvalue weighted by Gasteiger charge is -2.15. The van der Waals surface area contributed by atoms with Gasteiger partial charge in [-0.1, -0.05) is 53.6 Å². The third-order valence-corrected chi connectivity index (χ3v) is 5.33. The van der Waals surface area contributed by atoms with Crippen LogP contribution < -0.4 is 10.6 Å². The number of carbonyl (C=O) groups excluding carboxylic acids is 1. The number of benzene rings is 3. The maximum Gasteiger partial charge on any atom is 0.251 e. The summed E-state index contributed by atoms with van der Waals surface area (Å²) in [4.78, 5) is 21.3. The maximum absolute atomic E-state index is 12.6. The number of rotatable bonds is 6. The van der Waals surface area contributed by atoms with Crippen molar-refractivity contribution in [2.75, 3.05) is 5.32 Å². The molecule has 4 aromatic rings. The molecule has 0 aliphatic carbocycles. The van der Waals surface area contributed by atoms with Gasteiger partial charge >= 0.3 is 0 Å². The van der Waals surface area contributed by atoms with Gasteiger partial charge in [0, 0.05) is 22.9 Å². The molecule has 1 aromatic heterocycles.